The zero-order valence-electron chi connectivity index (χ0n) is 40.8. The SMILES string of the molecule is [2H]C1([2H])CN(CC(=O)N[C@@H](CCc2ccccc2)C(=O)N[C@@H](CC(C)C)C(=O)N[C@@H](Cc2ccccc2)C(=O)N[C@@H](CC([2H])(C([2H])([2H])[2H])C([2H])([2H])[2H])C(=O)[C@@]2(C)CO2)CC([2H])([2H])O1. The molecule has 0 saturated carbocycles. The number of carbonyl (C=O) groups excluding carboxylic acids is 5. The zero-order valence-corrected chi connectivity index (χ0v) is 29.8. The first-order valence-corrected chi connectivity index (χ1v) is 17.4. The number of carbonyl (C=O) groups is 5. The molecule has 2 aliphatic rings. The maximum absolute atomic E-state index is 14.3. The van der Waals surface area contributed by atoms with Crippen LogP contribution in [0.2, 0.25) is 0 Å². The lowest BCUT2D eigenvalue weighted by Gasteiger charge is -2.29. The van der Waals surface area contributed by atoms with Gasteiger partial charge in [-0.25, -0.2) is 0 Å². The third kappa shape index (κ3) is 13.1. The molecule has 0 spiro atoms. The van der Waals surface area contributed by atoms with Crippen molar-refractivity contribution in [1.82, 2.24) is 26.2 Å². The van der Waals surface area contributed by atoms with E-state index < -0.39 is 118 Å². The van der Waals surface area contributed by atoms with Crippen LogP contribution in [0, 0.1) is 11.8 Å². The number of ketones is 1. The zero-order chi connectivity index (χ0) is 47.2. The highest BCUT2D eigenvalue weighted by atomic mass is 16.6. The van der Waals surface area contributed by atoms with Crippen molar-refractivity contribution < 1.29 is 48.5 Å². The molecule has 2 aromatic carbocycles. The summed E-state index contributed by atoms with van der Waals surface area (Å²) < 4.78 is 98.0. The topological polar surface area (TPSA) is 158 Å². The number of nitrogens with one attached hydrogen (secondary N) is 4. The third-order valence-corrected chi connectivity index (χ3v) is 8.70. The predicted molar refractivity (Wildman–Crippen MR) is 198 cm³/mol. The van der Waals surface area contributed by atoms with Gasteiger partial charge in [-0.15, -0.1) is 0 Å². The molecule has 4 rings (SSSR count). The van der Waals surface area contributed by atoms with E-state index in [1.165, 1.54) is 11.8 Å². The van der Waals surface area contributed by atoms with Gasteiger partial charge in [-0.1, -0.05) is 88.2 Å². The Morgan fingerprint density at radius 2 is 1.37 bits per heavy atom. The summed E-state index contributed by atoms with van der Waals surface area (Å²) in [5, 5.41) is 10.4. The van der Waals surface area contributed by atoms with Crippen LogP contribution in [0.5, 0.6) is 0 Å². The van der Waals surface area contributed by atoms with Gasteiger partial charge in [-0.05, 0) is 55.5 Å². The highest BCUT2D eigenvalue weighted by Crippen LogP contribution is 2.29. The maximum atomic E-state index is 14.3. The molecule has 0 aliphatic carbocycles. The van der Waals surface area contributed by atoms with Gasteiger partial charge in [0.05, 0.1) is 37.8 Å². The van der Waals surface area contributed by atoms with Crippen molar-refractivity contribution in [2.45, 2.75) is 96.3 Å². The molecule has 0 unspecified atom stereocenters. The molecular weight excluding hydrogens is 662 g/mol. The molecule has 4 N–H and O–H groups in total. The van der Waals surface area contributed by atoms with Crippen molar-refractivity contribution >= 4 is 29.4 Å². The molecule has 52 heavy (non-hydrogen) atoms. The molecule has 284 valence electrons. The van der Waals surface area contributed by atoms with E-state index in [4.69, 9.17) is 24.6 Å². The molecule has 0 radical (unpaired) electrons. The Bertz CT molecular complexity index is 1890. The van der Waals surface area contributed by atoms with Crippen molar-refractivity contribution in [1.29, 1.82) is 0 Å². The number of benzene rings is 2. The van der Waals surface area contributed by atoms with Crippen LogP contribution in [-0.2, 0) is 46.3 Å². The van der Waals surface area contributed by atoms with Gasteiger partial charge in [0, 0.05) is 29.1 Å². The van der Waals surface area contributed by atoms with Crippen LogP contribution in [-0.4, -0.2) is 103 Å². The number of hydrogen-bond donors (Lipinski definition) is 4. The smallest absolute Gasteiger partial charge is 0.243 e. The number of nitrogens with zero attached hydrogens (tertiary/aromatic N) is 1. The van der Waals surface area contributed by atoms with Crippen LogP contribution in [0.3, 0.4) is 0 Å². The van der Waals surface area contributed by atoms with Crippen molar-refractivity contribution in [2.24, 2.45) is 11.8 Å². The average molecular weight is 731 g/mol. The summed E-state index contributed by atoms with van der Waals surface area (Å²) in [5.41, 5.74) is -0.0961. The van der Waals surface area contributed by atoms with E-state index >= 15 is 0 Å². The Balaban J connectivity index is 1.60. The lowest BCUT2D eigenvalue weighted by Crippen LogP contribution is -2.59. The maximum Gasteiger partial charge on any atom is 0.243 e. The largest absolute Gasteiger partial charge is 0.379 e. The number of aryl methyl sites for hydroxylation is 1. The number of epoxide rings is 1. The van der Waals surface area contributed by atoms with Crippen molar-refractivity contribution in [2.75, 3.05) is 39.4 Å². The highest BCUT2D eigenvalue weighted by Gasteiger charge is 2.50. The summed E-state index contributed by atoms with van der Waals surface area (Å²) in [5.74, 6) is -7.58. The first-order chi connectivity index (χ1) is 29.0. The summed E-state index contributed by atoms with van der Waals surface area (Å²) in [6, 6.07) is 11.6. The second kappa shape index (κ2) is 19.6. The second-order valence-electron chi connectivity index (χ2n) is 13.7. The lowest BCUT2D eigenvalue weighted by molar-refractivity contribution is -0.135. The Morgan fingerprint density at radius 1 is 0.808 bits per heavy atom. The van der Waals surface area contributed by atoms with Gasteiger partial charge in [0.25, 0.3) is 0 Å². The molecule has 12 heteroatoms. The lowest BCUT2D eigenvalue weighted by atomic mass is 9.93. The number of rotatable bonds is 20. The quantitative estimate of drug-likeness (QED) is 0.152. The summed E-state index contributed by atoms with van der Waals surface area (Å²) in [6.07, 6.45) is -0.890. The van der Waals surface area contributed by atoms with E-state index in [9.17, 15) is 24.0 Å². The van der Waals surface area contributed by atoms with Crippen molar-refractivity contribution in [3.8, 4) is 0 Å². The minimum atomic E-state index is -3.42. The fraction of sp³-hybridized carbons (Fsp3) is 0.575. The van der Waals surface area contributed by atoms with Crippen molar-refractivity contribution in [3.05, 3.63) is 71.8 Å². The molecule has 2 heterocycles. The van der Waals surface area contributed by atoms with Crippen LogP contribution >= 0.6 is 0 Å². The molecule has 2 aromatic rings. The molecule has 12 nitrogen and oxygen atoms in total. The Morgan fingerprint density at radius 3 is 1.96 bits per heavy atom. The first kappa shape index (κ1) is 27.5. The minimum Gasteiger partial charge on any atom is -0.379 e. The first-order valence-electron chi connectivity index (χ1n) is 22.9. The molecule has 2 aliphatic heterocycles. The van der Waals surface area contributed by atoms with E-state index in [1.54, 1.807) is 56.3 Å². The van der Waals surface area contributed by atoms with Gasteiger partial charge in [-0.3, -0.25) is 28.9 Å². The molecule has 2 saturated heterocycles. The molecule has 0 aromatic heterocycles. The normalized spacial score (nSPS) is 25.3. The number of Topliss-reactive ketones (excluding diaryl/α,β-unsaturated/α-hetero) is 1. The molecular formula is C40H57N5O7. The fourth-order valence-electron chi connectivity index (χ4n) is 5.74. The predicted octanol–water partition coefficient (Wildman–Crippen LogP) is 2.58. The molecule has 4 amide bonds. The van der Waals surface area contributed by atoms with Crippen LogP contribution < -0.4 is 21.3 Å². The molecule has 0 bridgehead atoms. The summed E-state index contributed by atoms with van der Waals surface area (Å²) in [4.78, 5) is 71.0. The van der Waals surface area contributed by atoms with E-state index in [0.29, 0.717) is 12.0 Å². The Kier molecular flexibility index (Phi) is 10.4. The fourth-order valence-corrected chi connectivity index (χ4v) is 5.74. The number of ether oxygens (including phenoxy) is 2. The standard InChI is InChI=1S/C40H57N5O7/c1-27(2)22-32(36(47)40(5)26-52-40)42-39(50)34(24-30-14-10-7-11-15-30)44-38(49)33(23-28(3)4)43-37(48)31(17-16-29-12-8-6-9-13-29)41-35(46)25-45-18-20-51-21-19-45/h6-15,27-28,31-34H,16-26H2,1-5H3,(H,41,46)(H,42,50)(H,43,48)(H,44,49)/t31-,32-,33-,34-,40+/m0/s1/i1D3,2D3,20D2,21D2,27D. The van der Waals surface area contributed by atoms with E-state index in [-0.39, 0.29) is 31.8 Å². The minimum absolute atomic E-state index is 0.0455. The van der Waals surface area contributed by atoms with Crippen LogP contribution in [0.4, 0.5) is 0 Å². The van der Waals surface area contributed by atoms with Crippen molar-refractivity contribution in [3.63, 3.8) is 0 Å². The summed E-state index contributed by atoms with van der Waals surface area (Å²) in [6.45, 7) is -8.06. The van der Waals surface area contributed by atoms with Gasteiger partial charge in [0.1, 0.15) is 23.7 Å². The van der Waals surface area contributed by atoms with Gasteiger partial charge >= 0.3 is 0 Å². The van der Waals surface area contributed by atoms with Gasteiger partial charge in [0.15, 0.2) is 5.78 Å². The number of amides is 4. The van der Waals surface area contributed by atoms with Gasteiger partial charge < -0.3 is 30.7 Å². The average Bonchev–Trinajstić information content (AvgIpc) is 3.91. The van der Waals surface area contributed by atoms with Crippen LogP contribution in [0.25, 0.3) is 0 Å². The van der Waals surface area contributed by atoms with Gasteiger partial charge in [-0.2, -0.15) is 0 Å². The highest BCUT2D eigenvalue weighted by molar-refractivity contribution is 5.98. The molecule has 2 fully saturated rings. The monoisotopic (exact) mass is 730 g/mol. The molecule has 5 atom stereocenters. The van der Waals surface area contributed by atoms with Crippen LogP contribution in [0.1, 0.15) is 79.9 Å². The third-order valence-electron chi connectivity index (χ3n) is 8.70. The van der Waals surface area contributed by atoms with Crippen LogP contribution in [0.15, 0.2) is 60.7 Å². The van der Waals surface area contributed by atoms with E-state index in [1.807, 2.05) is 18.2 Å². The summed E-state index contributed by atoms with van der Waals surface area (Å²) in [7, 11) is 0. The Hall–Kier alpha value is -4.13. The van der Waals surface area contributed by atoms with Gasteiger partial charge in [0.2, 0.25) is 23.6 Å². The number of morpholine rings is 1. The van der Waals surface area contributed by atoms with E-state index in [0.717, 1.165) is 5.56 Å². The summed E-state index contributed by atoms with van der Waals surface area (Å²) >= 11 is 0. The second-order valence-corrected chi connectivity index (χ2v) is 13.7. The van der Waals surface area contributed by atoms with E-state index in [2.05, 4.69) is 21.3 Å². The number of hydrogen-bond acceptors (Lipinski definition) is 8. The Labute approximate surface area is 323 Å².